The lowest BCUT2D eigenvalue weighted by atomic mass is 9.95. The van der Waals surface area contributed by atoms with Crippen molar-refractivity contribution in [1.82, 2.24) is 15.5 Å². The minimum Gasteiger partial charge on any atom is -0.493 e. The smallest absolute Gasteiger partial charge is 0.407 e. The van der Waals surface area contributed by atoms with Gasteiger partial charge in [-0.15, -0.1) is 11.8 Å². The third kappa shape index (κ3) is 6.79. The van der Waals surface area contributed by atoms with Gasteiger partial charge in [0.05, 0.1) is 37.8 Å². The van der Waals surface area contributed by atoms with E-state index in [9.17, 15) is 19.5 Å². The number of alkyl carbamates (subject to hydrolysis) is 1. The first-order chi connectivity index (χ1) is 19.7. The normalized spacial score (nSPS) is 24.5. The zero-order valence-corrected chi connectivity index (χ0v) is 24.1. The second-order valence-corrected chi connectivity index (χ2v) is 12.7. The molecule has 0 spiro atoms. The first kappa shape index (κ1) is 29.2. The molecule has 3 heterocycles. The molecule has 3 N–H and O–H groups in total. The van der Waals surface area contributed by atoms with Crippen LogP contribution < -0.4 is 15.4 Å². The van der Waals surface area contributed by atoms with E-state index in [4.69, 9.17) is 14.2 Å². The summed E-state index contributed by atoms with van der Waals surface area (Å²) in [6, 6.07) is 14.8. The molecular formula is C30H37N3O7S. The summed E-state index contributed by atoms with van der Waals surface area (Å²) in [6.07, 6.45) is -1.30. The second-order valence-electron chi connectivity index (χ2n) is 11.1. The summed E-state index contributed by atoms with van der Waals surface area (Å²) in [7, 11) is 0. The van der Waals surface area contributed by atoms with Gasteiger partial charge in [0.2, 0.25) is 5.91 Å². The van der Waals surface area contributed by atoms with Gasteiger partial charge in [-0.2, -0.15) is 0 Å². The predicted octanol–water partition coefficient (Wildman–Crippen LogP) is 2.79. The quantitative estimate of drug-likeness (QED) is 0.433. The first-order valence-electron chi connectivity index (χ1n) is 14.0. The predicted molar refractivity (Wildman–Crippen MR) is 153 cm³/mol. The molecule has 0 bridgehead atoms. The van der Waals surface area contributed by atoms with Gasteiger partial charge in [-0.25, -0.2) is 4.79 Å². The Labute approximate surface area is 244 Å². The number of nitrogens with one attached hydrogen (secondary N) is 2. The van der Waals surface area contributed by atoms with Gasteiger partial charge < -0.3 is 34.9 Å². The Kier molecular flexibility index (Phi) is 9.06. The maximum atomic E-state index is 13.8. The number of hydrogen-bond acceptors (Lipinski definition) is 8. The van der Waals surface area contributed by atoms with Crippen LogP contribution in [0.2, 0.25) is 0 Å². The molecule has 5 atom stereocenters. The van der Waals surface area contributed by atoms with Gasteiger partial charge in [-0.3, -0.25) is 9.59 Å². The highest BCUT2D eigenvalue weighted by molar-refractivity contribution is 8.00. The summed E-state index contributed by atoms with van der Waals surface area (Å²) in [4.78, 5) is 41.8. The van der Waals surface area contributed by atoms with Crippen molar-refractivity contribution in [3.8, 4) is 5.75 Å². The molecule has 3 aliphatic heterocycles. The lowest BCUT2D eigenvalue weighted by Gasteiger charge is -2.35. The molecule has 2 aromatic rings. The van der Waals surface area contributed by atoms with Gasteiger partial charge in [0.15, 0.2) is 6.10 Å². The number of amides is 3. The molecule has 2 aromatic carbocycles. The number of aliphatic hydroxyl groups excluding tert-OH is 1. The number of nitrogens with zero attached hydrogens (tertiary/aromatic N) is 1. The van der Waals surface area contributed by atoms with E-state index < -0.39 is 34.9 Å². The van der Waals surface area contributed by atoms with Gasteiger partial charge in [0, 0.05) is 23.2 Å². The van der Waals surface area contributed by atoms with Crippen molar-refractivity contribution in [2.24, 2.45) is 0 Å². The van der Waals surface area contributed by atoms with Gasteiger partial charge in [0.1, 0.15) is 17.9 Å². The van der Waals surface area contributed by atoms with Crippen LogP contribution in [0.4, 0.5) is 4.79 Å². The minimum atomic E-state index is -1.60. The van der Waals surface area contributed by atoms with Crippen molar-refractivity contribution in [2.75, 3.05) is 25.7 Å². The third-order valence-electron chi connectivity index (χ3n) is 7.75. The number of benzene rings is 2. The molecule has 0 radical (unpaired) electrons. The van der Waals surface area contributed by atoms with Gasteiger partial charge >= 0.3 is 6.09 Å². The van der Waals surface area contributed by atoms with Crippen molar-refractivity contribution in [1.29, 1.82) is 0 Å². The van der Waals surface area contributed by atoms with Crippen LogP contribution in [0.1, 0.15) is 43.9 Å². The number of rotatable bonds is 8. The van der Waals surface area contributed by atoms with Crippen molar-refractivity contribution in [3.63, 3.8) is 0 Å². The minimum absolute atomic E-state index is 0.199. The number of fused-ring (bicyclic) bond motifs is 1. The van der Waals surface area contributed by atoms with E-state index >= 15 is 0 Å². The zero-order valence-electron chi connectivity index (χ0n) is 23.3. The zero-order chi connectivity index (χ0) is 29.0. The van der Waals surface area contributed by atoms with Crippen molar-refractivity contribution >= 4 is 29.7 Å². The summed E-state index contributed by atoms with van der Waals surface area (Å²) in [6.45, 7) is 5.13. The van der Waals surface area contributed by atoms with E-state index in [1.807, 2.05) is 68.4 Å². The molecule has 2 saturated heterocycles. The van der Waals surface area contributed by atoms with Crippen LogP contribution in [0.3, 0.4) is 0 Å². The highest BCUT2D eigenvalue weighted by atomic mass is 32.2. The van der Waals surface area contributed by atoms with Crippen molar-refractivity contribution in [2.45, 2.75) is 68.2 Å². The Hall–Kier alpha value is -3.28. The fourth-order valence-electron chi connectivity index (χ4n) is 5.55. The second kappa shape index (κ2) is 12.7. The SMILES string of the molecule is CC1(C)SCN(C(=O)C(O)C(Cc2ccccc2)NC(=O)OC2CCOC2)C1C(=O)NC1CCOc2ccccc21. The number of carbonyl (C=O) groups excluding carboxylic acids is 3. The average molecular weight is 584 g/mol. The first-order valence-corrected chi connectivity index (χ1v) is 14.9. The Morgan fingerprint density at radius 3 is 2.61 bits per heavy atom. The molecule has 0 aliphatic carbocycles. The van der Waals surface area contributed by atoms with Crippen LogP contribution in [-0.2, 0) is 25.5 Å². The van der Waals surface area contributed by atoms with E-state index in [-0.39, 0.29) is 30.4 Å². The fourth-order valence-corrected chi connectivity index (χ4v) is 6.69. The molecule has 41 heavy (non-hydrogen) atoms. The van der Waals surface area contributed by atoms with E-state index in [0.717, 1.165) is 16.9 Å². The number of thioether (sulfide) groups is 1. The Balaban J connectivity index is 1.32. The fraction of sp³-hybridized carbons (Fsp3) is 0.500. The third-order valence-corrected chi connectivity index (χ3v) is 9.12. The highest BCUT2D eigenvalue weighted by Gasteiger charge is 2.50. The summed E-state index contributed by atoms with van der Waals surface area (Å²) >= 11 is 1.47. The highest BCUT2D eigenvalue weighted by Crippen LogP contribution is 2.41. The molecular weight excluding hydrogens is 546 g/mol. The Morgan fingerprint density at radius 2 is 1.85 bits per heavy atom. The average Bonchev–Trinajstić information content (AvgIpc) is 3.59. The Bertz CT molecular complexity index is 1240. The van der Waals surface area contributed by atoms with Gasteiger partial charge in [-0.1, -0.05) is 48.5 Å². The summed E-state index contributed by atoms with van der Waals surface area (Å²) < 4.78 is 15.9. The van der Waals surface area contributed by atoms with Crippen molar-refractivity contribution < 1.29 is 33.7 Å². The van der Waals surface area contributed by atoms with Crippen molar-refractivity contribution in [3.05, 3.63) is 65.7 Å². The largest absolute Gasteiger partial charge is 0.493 e. The molecule has 0 aromatic heterocycles. The number of carbonyl (C=O) groups is 3. The number of aliphatic hydroxyl groups is 1. The summed E-state index contributed by atoms with van der Waals surface area (Å²) in [5.41, 5.74) is 1.73. The van der Waals surface area contributed by atoms with E-state index in [1.165, 1.54) is 16.7 Å². The topological polar surface area (TPSA) is 126 Å². The lowest BCUT2D eigenvalue weighted by molar-refractivity contribution is -0.147. The molecule has 11 heteroatoms. The van der Waals surface area contributed by atoms with Crippen LogP contribution >= 0.6 is 11.8 Å². The summed E-state index contributed by atoms with van der Waals surface area (Å²) in [5, 5.41) is 17.2. The monoisotopic (exact) mass is 583 g/mol. The number of para-hydroxylation sites is 1. The van der Waals surface area contributed by atoms with Crippen LogP contribution in [0.25, 0.3) is 0 Å². The summed E-state index contributed by atoms with van der Waals surface area (Å²) in [5.74, 6) is 0.0441. The van der Waals surface area contributed by atoms with Crippen LogP contribution in [0.15, 0.2) is 54.6 Å². The molecule has 5 unspecified atom stereocenters. The van der Waals surface area contributed by atoms with Crippen LogP contribution in [0, 0.1) is 0 Å². The number of hydrogen-bond donors (Lipinski definition) is 3. The maximum absolute atomic E-state index is 13.8. The van der Waals surface area contributed by atoms with Gasteiger partial charge in [0.25, 0.3) is 5.91 Å². The van der Waals surface area contributed by atoms with Crippen LogP contribution in [0.5, 0.6) is 5.75 Å². The van der Waals surface area contributed by atoms with E-state index in [2.05, 4.69) is 10.6 Å². The number of ether oxygens (including phenoxy) is 3. The molecule has 220 valence electrons. The molecule has 0 saturated carbocycles. The molecule has 5 rings (SSSR count). The molecule has 10 nitrogen and oxygen atoms in total. The lowest BCUT2D eigenvalue weighted by Crippen LogP contribution is -2.59. The maximum Gasteiger partial charge on any atom is 0.407 e. The van der Waals surface area contributed by atoms with Gasteiger partial charge in [-0.05, 0) is 31.9 Å². The molecule has 3 amide bonds. The molecule has 3 aliphatic rings. The Morgan fingerprint density at radius 1 is 1.10 bits per heavy atom. The van der Waals surface area contributed by atoms with E-state index in [0.29, 0.717) is 32.7 Å². The molecule has 2 fully saturated rings. The van der Waals surface area contributed by atoms with Crippen LogP contribution in [-0.4, -0.2) is 82.7 Å². The standard InChI is InChI=1S/C30H37N3O7S/c1-30(2)26(27(35)31-22-13-15-39-24-11-7-6-10-21(22)24)33(18-41-30)28(36)25(34)23(16-19-8-4-3-5-9-19)32-29(37)40-20-12-14-38-17-20/h3-11,20,22-23,25-26,34H,12-18H2,1-2H3,(H,31,35)(H,32,37). The van der Waals surface area contributed by atoms with E-state index in [1.54, 1.807) is 0 Å².